The molecule has 298 valence electrons. The number of hydrogen-bond acceptors (Lipinski definition) is 3. The second-order valence-corrected chi connectivity index (χ2v) is 23.6. The first kappa shape index (κ1) is 38.2. The minimum absolute atomic E-state index is 0.620. The summed E-state index contributed by atoms with van der Waals surface area (Å²) in [5, 5.41) is 10.3. The number of nitrogens with zero attached hydrogens (tertiary/aromatic N) is 2. The van der Waals surface area contributed by atoms with E-state index < -0.39 is 16.1 Å². The third kappa shape index (κ3) is 6.49. The summed E-state index contributed by atoms with van der Waals surface area (Å²) in [5.74, 6) is 2.30. The third-order valence-electron chi connectivity index (χ3n) is 12.6. The predicted octanol–water partition coefficient (Wildman–Crippen LogP) is 8.34. The van der Waals surface area contributed by atoms with E-state index in [1.54, 1.807) is 0 Å². The van der Waals surface area contributed by atoms with Gasteiger partial charge in [0.2, 0.25) is 0 Å². The van der Waals surface area contributed by atoms with E-state index in [0.717, 1.165) is 39.6 Å². The highest BCUT2D eigenvalue weighted by molar-refractivity contribution is 7.21. The van der Waals surface area contributed by atoms with Crippen LogP contribution in [0.1, 0.15) is 0 Å². The zero-order chi connectivity index (χ0) is 42.1. The summed E-state index contributed by atoms with van der Waals surface area (Å²) in [6, 6.07) is 92.0. The summed E-state index contributed by atoms with van der Waals surface area (Å²) in [6.07, 6.45) is 0. The van der Waals surface area contributed by atoms with E-state index >= 15 is 0 Å². The Labute approximate surface area is 370 Å². The number of aromatic nitrogens is 2. The molecule has 0 amide bonds. The first-order chi connectivity index (χ1) is 31.2. The monoisotopic (exact) mass is 838 g/mol. The van der Waals surface area contributed by atoms with Crippen LogP contribution in [-0.4, -0.2) is 26.1 Å². The van der Waals surface area contributed by atoms with Crippen LogP contribution in [0.25, 0.3) is 33.9 Å². The van der Waals surface area contributed by atoms with Gasteiger partial charge in [-0.2, -0.15) is 0 Å². The Bertz CT molecular complexity index is 3050. The molecular formula is C58H42N2OSi2. The van der Waals surface area contributed by atoms with Gasteiger partial charge in [0.05, 0.1) is 17.0 Å². The van der Waals surface area contributed by atoms with Crippen LogP contribution in [0.3, 0.4) is 0 Å². The van der Waals surface area contributed by atoms with Crippen molar-refractivity contribution in [3.63, 3.8) is 0 Å². The van der Waals surface area contributed by atoms with Crippen LogP contribution < -0.4 is 46.2 Å². The Morgan fingerprint density at radius 1 is 0.349 bits per heavy atom. The number of benzene rings is 9. The average molecular weight is 839 g/mol. The fourth-order valence-corrected chi connectivity index (χ4v) is 19.6. The summed E-state index contributed by atoms with van der Waals surface area (Å²) in [7, 11) is -5.71. The van der Waals surface area contributed by atoms with E-state index in [-0.39, 0.29) is 0 Å². The molecule has 1 aliphatic rings. The molecule has 1 aromatic heterocycles. The maximum Gasteiger partial charge on any atom is 0.188 e. The highest BCUT2D eigenvalue weighted by Gasteiger charge is 2.48. The SMILES string of the molecule is c1ccc(-c2cc(-c3cccc([Si](c4ccccc4)(c4ccccc4)c4ccccc4)c3)nc(-c3cccc4c3Oc3ccccc3[Si]4(c3ccccc3)c3ccccc3)n2)cc1. The molecule has 9 aromatic carbocycles. The molecule has 0 saturated heterocycles. The highest BCUT2D eigenvalue weighted by Crippen LogP contribution is 2.37. The number of fused-ring (bicyclic) bond motifs is 2. The van der Waals surface area contributed by atoms with E-state index in [0.29, 0.717) is 5.82 Å². The van der Waals surface area contributed by atoms with Gasteiger partial charge in [0.15, 0.2) is 22.0 Å². The van der Waals surface area contributed by atoms with Crippen molar-refractivity contribution in [3.8, 4) is 45.4 Å². The van der Waals surface area contributed by atoms with Crippen LogP contribution in [-0.2, 0) is 0 Å². The summed E-state index contributed by atoms with van der Waals surface area (Å²) in [5.41, 5.74) is 4.61. The van der Waals surface area contributed by atoms with Crippen molar-refractivity contribution in [2.24, 2.45) is 0 Å². The van der Waals surface area contributed by atoms with Crippen molar-refractivity contribution in [2.45, 2.75) is 0 Å². The first-order valence-electron chi connectivity index (χ1n) is 21.5. The fourth-order valence-electron chi connectivity index (χ4n) is 9.85. The lowest BCUT2D eigenvalue weighted by Crippen LogP contribution is -2.76. The summed E-state index contributed by atoms with van der Waals surface area (Å²) in [6.45, 7) is 0. The van der Waals surface area contributed by atoms with Gasteiger partial charge in [0.1, 0.15) is 11.5 Å². The van der Waals surface area contributed by atoms with Gasteiger partial charge in [0, 0.05) is 11.1 Å². The van der Waals surface area contributed by atoms with E-state index in [9.17, 15) is 0 Å². The molecule has 3 nitrogen and oxygen atoms in total. The van der Waals surface area contributed by atoms with Gasteiger partial charge in [-0.3, -0.25) is 0 Å². The molecule has 0 spiro atoms. The number of hydrogen-bond donors (Lipinski definition) is 0. The summed E-state index contributed by atoms with van der Waals surface area (Å²) in [4.78, 5) is 10.9. The Kier molecular flexibility index (Phi) is 9.89. The van der Waals surface area contributed by atoms with Crippen LogP contribution in [0.15, 0.2) is 255 Å². The molecule has 0 radical (unpaired) electrons. The molecule has 63 heavy (non-hydrogen) atoms. The predicted molar refractivity (Wildman–Crippen MR) is 266 cm³/mol. The van der Waals surface area contributed by atoms with Gasteiger partial charge in [0.25, 0.3) is 0 Å². The van der Waals surface area contributed by atoms with Crippen molar-refractivity contribution in [1.82, 2.24) is 9.97 Å². The number of rotatable bonds is 9. The van der Waals surface area contributed by atoms with Gasteiger partial charge in [-0.25, -0.2) is 9.97 Å². The largest absolute Gasteiger partial charge is 0.457 e. The standard InChI is InChI=1S/C58H42N2OSi2/c1-7-23-43(24-8-1)52-42-53(44-25-21-36-50(41-44)62(45-26-9-2-10-27-45,46-28-11-3-12-29-46)47-30-13-4-14-31-47)60-58(59-52)51-37-22-40-56-57(51)61-54-38-19-20-39-55(54)63(56,48-32-15-5-16-33-48)49-34-17-6-18-35-49/h1-42H. The fraction of sp³-hybridized carbons (Fsp3) is 0. The minimum Gasteiger partial charge on any atom is -0.457 e. The summed E-state index contributed by atoms with van der Waals surface area (Å²) >= 11 is 0. The van der Waals surface area contributed by atoms with E-state index in [2.05, 4.69) is 249 Å². The lowest BCUT2D eigenvalue weighted by atomic mass is 10.1. The molecule has 1 aliphatic heterocycles. The lowest BCUT2D eigenvalue weighted by Gasteiger charge is -2.40. The molecule has 0 saturated carbocycles. The second kappa shape index (κ2) is 16.3. The summed E-state index contributed by atoms with van der Waals surface area (Å²) < 4.78 is 7.12. The van der Waals surface area contributed by atoms with Gasteiger partial charge in [-0.15, -0.1) is 0 Å². The van der Waals surface area contributed by atoms with Gasteiger partial charge < -0.3 is 4.74 Å². The second-order valence-electron chi connectivity index (χ2n) is 16.0. The average Bonchev–Trinajstić information content (AvgIpc) is 3.37. The third-order valence-corrected chi connectivity index (χ3v) is 22.2. The van der Waals surface area contributed by atoms with Crippen molar-refractivity contribution < 1.29 is 4.74 Å². The zero-order valence-electron chi connectivity index (χ0n) is 34.6. The van der Waals surface area contributed by atoms with Crippen molar-refractivity contribution in [3.05, 3.63) is 255 Å². The molecule has 2 heterocycles. The molecule has 10 aromatic rings. The van der Waals surface area contributed by atoms with Gasteiger partial charge in [-0.1, -0.05) is 237 Å². The van der Waals surface area contributed by atoms with Crippen LogP contribution >= 0.6 is 0 Å². The molecule has 0 atom stereocenters. The Hall–Kier alpha value is -7.71. The quantitative estimate of drug-likeness (QED) is 0.108. The Balaban J connectivity index is 1.16. The molecule has 0 fully saturated rings. The van der Waals surface area contributed by atoms with Gasteiger partial charge in [-0.05, 0) is 59.7 Å². The zero-order valence-corrected chi connectivity index (χ0v) is 36.6. The molecule has 0 N–H and O–H groups in total. The molecule has 5 heteroatoms. The van der Waals surface area contributed by atoms with E-state index in [1.807, 2.05) is 6.07 Å². The highest BCUT2D eigenvalue weighted by atomic mass is 28.3. The lowest BCUT2D eigenvalue weighted by molar-refractivity contribution is 0.488. The van der Waals surface area contributed by atoms with Crippen LogP contribution in [0.5, 0.6) is 11.5 Å². The topological polar surface area (TPSA) is 35.0 Å². The van der Waals surface area contributed by atoms with E-state index in [1.165, 1.54) is 41.5 Å². The van der Waals surface area contributed by atoms with Crippen LogP contribution in [0, 0.1) is 0 Å². The molecule has 0 unspecified atom stereocenters. The maximum absolute atomic E-state index is 7.12. The van der Waals surface area contributed by atoms with Crippen LogP contribution in [0.4, 0.5) is 0 Å². The van der Waals surface area contributed by atoms with Crippen molar-refractivity contribution in [1.29, 1.82) is 0 Å². The Morgan fingerprint density at radius 3 is 1.35 bits per heavy atom. The minimum atomic E-state index is -2.90. The van der Waals surface area contributed by atoms with Crippen LogP contribution in [0.2, 0.25) is 0 Å². The maximum atomic E-state index is 7.12. The Morgan fingerprint density at radius 2 is 0.778 bits per heavy atom. The molecule has 0 aliphatic carbocycles. The van der Waals surface area contributed by atoms with Crippen molar-refractivity contribution in [2.75, 3.05) is 0 Å². The number of ether oxygens (including phenoxy) is 1. The molecule has 11 rings (SSSR count). The first-order valence-corrected chi connectivity index (χ1v) is 25.5. The van der Waals surface area contributed by atoms with Crippen molar-refractivity contribution >= 4 is 57.6 Å². The molecule has 0 bridgehead atoms. The normalized spacial score (nSPS) is 12.7. The molecular weight excluding hydrogens is 797 g/mol. The smallest absolute Gasteiger partial charge is 0.188 e. The number of para-hydroxylation sites is 2. The van der Waals surface area contributed by atoms with E-state index in [4.69, 9.17) is 14.7 Å². The van der Waals surface area contributed by atoms with Gasteiger partial charge >= 0.3 is 0 Å².